The van der Waals surface area contributed by atoms with Gasteiger partial charge >= 0.3 is 5.97 Å². The Bertz CT molecular complexity index is 315. The SMILES string of the molecule is Cc1cc(Cl)nc(N)c1C(=O)O. The number of pyridine rings is 1. The Morgan fingerprint density at radius 1 is 1.75 bits per heavy atom. The summed E-state index contributed by atoms with van der Waals surface area (Å²) < 4.78 is 0. The molecule has 0 aliphatic heterocycles. The van der Waals surface area contributed by atoms with Gasteiger partial charge in [0.2, 0.25) is 0 Å². The number of carboxylic acid groups (broad SMARTS) is 1. The molecule has 0 radical (unpaired) electrons. The lowest BCUT2D eigenvalue weighted by Gasteiger charge is -2.03. The van der Waals surface area contributed by atoms with Gasteiger partial charge in [0.05, 0.1) is 0 Å². The Hall–Kier alpha value is -1.29. The van der Waals surface area contributed by atoms with Crippen molar-refractivity contribution in [3.63, 3.8) is 0 Å². The highest BCUT2D eigenvalue weighted by Gasteiger charge is 2.12. The normalized spacial score (nSPS) is 9.83. The standard InChI is InChI=1S/C7H7ClN2O2/c1-3-2-4(8)10-6(9)5(3)7(11)12/h2H,1H3,(H2,9,10)(H,11,12). The van der Waals surface area contributed by atoms with Crippen molar-refractivity contribution in [2.45, 2.75) is 6.92 Å². The zero-order valence-corrected chi connectivity index (χ0v) is 7.09. The fourth-order valence-corrected chi connectivity index (χ4v) is 1.19. The molecule has 1 heterocycles. The summed E-state index contributed by atoms with van der Waals surface area (Å²) in [4.78, 5) is 14.2. The quantitative estimate of drug-likeness (QED) is 0.649. The topological polar surface area (TPSA) is 76.2 Å². The van der Waals surface area contributed by atoms with Crippen LogP contribution in [0.3, 0.4) is 0 Å². The number of halogens is 1. The van der Waals surface area contributed by atoms with E-state index in [1.807, 2.05) is 0 Å². The number of nitrogens with zero attached hydrogens (tertiary/aromatic N) is 1. The molecule has 1 rings (SSSR count). The molecule has 0 fully saturated rings. The zero-order valence-electron chi connectivity index (χ0n) is 6.34. The van der Waals surface area contributed by atoms with Gasteiger partial charge in [-0.15, -0.1) is 0 Å². The lowest BCUT2D eigenvalue weighted by molar-refractivity contribution is 0.0697. The fourth-order valence-electron chi connectivity index (χ4n) is 0.934. The van der Waals surface area contributed by atoms with Gasteiger partial charge in [-0.1, -0.05) is 11.6 Å². The van der Waals surface area contributed by atoms with E-state index in [-0.39, 0.29) is 16.5 Å². The van der Waals surface area contributed by atoms with Crippen molar-refractivity contribution in [1.29, 1.82) is 0 Å². The minimum absolute atomic E-state index is 0.0133. The smallest absolute Gasteiger partial charge is 0.339 e. The lowest BCUT2D eigenvalue weighted by atomic mass is 10.1. The van der Waals surface area contributed by atoms with Gasteiger partial charge in [0.15, 0.2) is 0 Å². The third kappa shape index (κ3) is 1.48. The van der Waals surface area contributed by atoms with Crippen LogP contribution in [0.5, 0.6) is 0 Å². The van der Waals surface area contributed by atoms with E-state index in [0.29, 0.717) is 5.56 Å². The number of aromatic carboxylic acids is 1. The number of anilines is 1. The maximum atomic E-state index is 10.6. The Labute approximate surface area is 74.0 Å². The molecule has 0 amide bonds. The summed E-state index contributed by atoms with van der Waals surface area (Å²) in [5.41, 5.74) is 5.87. The molecular weight excluding hydrogens is 180 g/mol. The van der Waals surface area contributed by atoms with Crippen molar-refractivity contribution < 1.29 is 9.90 Å². The van der Waals surface area contributed by atoms with Crippen LogP contribution in [0.15, 0.2) is 6.07 Å². The molecule has 0 saturated carbocycles. The number of carbonyl (C=O) groups is 1. The molecule has 3 N–H and O–H groups in total. The van der Waals surface area contributed by atoms with E-state index in [4.69, 9.17) is 22.4 Å². The van der Waals surface area contributed by atoms with Crippen LogP contribution in [0.2, 0.25) is 5.15 Å². The van der Waals surface area contributed by atoms with Crippen LogP contribution >= 0.6 is 11.6 Å². The van der Waals surface area contributed by atoms with E-state index < -0.39 is 5.97 Å². The van der Waals surface area contributed by atoms with Gasteiger partial charge in [0.25, 0.3) is 0 Å². The molecule has 0 spiro atoms. The van der Waals surface area contributed by atoms with Crippen molar-refractivity contribution >= 4 is 23.4 Å². The molecule has 0 unspecified atom stereocenters. The maximum absolute atomic E-state index is 10.6. The monoisotopic (exact) mass is 186 g/mol. The molecule has 0 aliphatic rings. The summed E-state index contributed by atoms with van der Waals surface area (Å²) in [6.45, 7) is 1.62. The lowest BCUT2D eigenvalue weighted by Crippen LogP contribution is -2.07. The first-order valence-corrected chi connectivity index (χ1v) is 3.56. The first-order chi connectivity index (χ1) is 5.52. The van der Waals surface area contributed by atoms with E-state index in [1.54, 1.807) is 6.92 Å². The maximum Gasteiger partial charge on any atom is 0.339 e. The molecule has 64 valence electrons. The highest BCUT2D eigenvalue weighted by Crippen LogP contribution is 2.18. The number of hydrogen-bond donors (Lipinski definition) is 2. The van der Waals surface area contributed by atoms with E-state index in [1.165, 1.54) is 6.07 Å². The second kappa shape index (κ2) is 2.98. The molecule has 0 saturated heterocycles. The molecule has 1 aromatic rings. The first kappa shape index (κ1) is 8.80. The predicted octanol–water partition coefficient (Wildman–Crippen LogP) is 1.32. The fraction of sp³-hybridized carbons (Fsp3) is 0.143. The van der Waals surface area contributed by atoms with Crippen LogP contribution in [0.25, 0.3) is 0 Å². The van der Waals surface area contributed by atoms with Gasteiger partial charge in [-0.05, 0) is 18.6 Å². The summed E-state index contributed by atoms with van der Waals surface area (Å²) in [7, 11) is 0. The first-order valence-electron chi connectivity index (χ1n) is 3.18. The molecular formula is C7H7ClN2O2. The third-order valence-electron chi connectivity index (χ3n) is 1.43. The van der Waals surface area contributed by atoms with Crippen LogP contribution in [0.4, 0.5) is 5.82 Å². The molecule has 5 heteroatoms. The Kier molecular flexibility index (Phi) is 2.19. The number of hydrogen-bond acceptors (Lipinski definition) is 3. The van der Waals surface area contributed by atoms with Crippen LogP contribution in [-0.4, -0.2) is 16.1 Å². The summed E-state index contributed by atoms with van der Waals surface area (Å²) in [6, 6.07) is 1.46. The second-order valence-electron chi connectivity index (χ2n) is 2.33. The van der Waals surface area contributed by atoms with Crippen LogP contribution in [0, 0.1) is 6.92 Å². The summed E-state index contributed by atoms with van der Waals surface area (Å²) >= 11 is 5.54. The Morgan fingerprint density at radius 2 is 2.33 bits per heavy atom. The average molecular weight is 187 g/mol. The third-order valence-corrected chi connectivity index (χ3v) is 1.62. The van der Waals surface area contributed by atoms with E-state index in [0.717, 1.165) is 0 Å². The van der Waals surface area contributed by atoms with Crippen LogP contribution in [0.1, 0.15) is 15.9 Å². The van der Waals surface area contributed by atoms with E-state index >= 15 is 0 Å². The van der Waals surface area contributed by atoms with Crippen molar-refractivity contribution in [3.05, 3.63) is 22.3 Å². The molecule has 12 heavy (non-hydrogen) atoms. The van der Waals surface area contributed by atoms with Crippen LogP contribution in [-0.2, 0) is 0 Å². The van der Waals surface area contributed by atoms with Gasteiger partial charge in [-0.25, -0.2) is 9.78 Å². The molecule has 0 bridgehead atoms. The molecule has 0 aliphatic carbocycles. The number of aromatic nitrogens is 1. The van der Waals surface area contributed by atoms with E-state index in [2.05, 4.69) is 4.98 Å². The second-order valence-corrected chi connectivity index (χ2v) is 2.71. The summed E-state index contributed by atoms with van der Waals surface area (Å²) in [5.74, 6) is -1.14. The van der Waals surface area contributed by atoms with Crippen molar-refractivity contribution in [3.8, 4) is 0 Å². The minimum Gasteiger partial charge on any atom is -0.478 e. The van der Waals surface area contributed by atoms with Gasteiger partial charge in [0.1, 0.15) is 16.5 Å². The largest absolute Gasteiger partial charge is 0.478 e. The molecule has 1 aromatic heterocycles. The number of carboxylic acids is 1. The number of nitrogen functional groups attached to an aromatic ring is 1. The highest BCUT2D eigenvalue weighted by atomic mass is 35.5. The van der Waals surface area contributed by atoms with Crippen LogP contribution < -0.4 is 5.73 Å². The Morgan fingerprint density at radius 3 is 2.75 bits per heavy atom. The van der Waals surface area contributed by atoms with Crippen molar-refractivity contribution in [1.82, 2.24) is 4.98 Å². The number of nitrogens with two attached hydrogens (primary N) is 1. The van der Waals surface area contributed by atoms with Gasteiger partial charge < -0.3 is 10.8 Å². The molecule has 0 aromatic carbocycles. The summed E-state index contributed by atoms with van der Waals surface area (Å²) in [5, 5.41) is 8.88. The highest BCUT2D eigenvalue weighted by molar-refractivity contribution is 6.29. The van der Waals surface area contributed by atoms with Crippen molar-refractivity contribution in [2.75, 3.05) is 5.73 Å². The number of rotatable bonds is 1. The predicted molar refractivity (Wildman–Crippen MR) is 45.4 cm³/mol. The van der Waals surface area contributed by atoms with Crippen molar-refractivity contribution in [2.24, 2.45) is 0 Å². The minimum atomic E-state index is -1.09. The van der Waals surface area contributed by atoms with Gasteiger partial charge in [-0.2, -0.15) is 0 Å². The molecule has 0 atom stereocenters. The van der Waals surface area contributed by atoms with Gasteiger partial charge in [-0.3, -0.25) is 0 Å². The van der Waals surface area contributed by atoms with E-state index in [9.17, 15) is 4.79 Å². The average Bonchev–Trinajstić information content (AvgIpc) is 1.82. The van der Waals surface area contributed by atoms with Gasteiger partial charge in [0, 0.05) is 0 Å². The Balaban J connectivity index is 3.38. The summed E-state index contributed by atoms with van der Waals surface area (Å²) in [6.07, 6.45) is 0. The molecule has 4 nitrogen and oxygen atoms in total. The zero-order chi connectivity index (χ0) is 9.30. The number of aryl methyl sites for hydroxylation is 1.